The second kappa shape index (κ2) is 10.1. The molecule has 0 radical (unpaired) electrons. The Kier molecular flexibility index (Phi) is 7.44. The highest BCUT2D eigenvalue weighted by Gasteiger charge is 2.21. The Hall–Kier alpha value is -2.73. The van der Waals surface area contributed by atoms with Crippen molar-refractivity contribution in [1.29, 1.82) is 0 Å². The first-order chi connectivity index (χ1) is 14.7. The quantitative estimate of drug-likeness (QED) is 0.273. The molecule has 0 unspecified atom stereocenters. The molecule has 1 amide bonds. The normalized spacial score (nSPS) is 10.5. The second-order valence-corrected chi connectivity index (χ2v) is 8.89. The number of hydrogen-bond acceptors (Lipinski definition) is 9. The number of rotatable bonds is 7. The molecule has 0 spiro atoms. The van der Waals surface area contributed by atoms with Crippen molar-refractivity contribution < 1.29 is 19.2 Å². The highest BCUT2D eigenvalue weighted by molar-refractivity contribution is 8.01. The van der Waals surface area contributed by atoms with Crippen LogP contribution >= 0.6 is 46.3 Å². The van der Waals surface area contributed by atoms with Gasteiger partial charge < -0.3 is 10.1 Å². The number of thiazole rings is 1. The first-order valence-corrected chi connectivity index (χ1v) is 10.8. The lowest BCUT2D eigenvalue weighted by molar-refractivity contribution is -0.384. The molecular weight excluding hydrogens is 487 g/mol. The van der Waals surface area contributed by atoms with Crippen molar-refractivity contribution in [2.75, 3.05) is 11.9 Å². The van der Waals surface area contributed by atoms with Gasteiger partial charge in [-0.15, -0.1) is 11.3 Å². The van der Waals surface area contributed by atoms with Gasteiger partial charge in [-0.3, -0.25) is 14.9 Å². The van der Waals surface area contributed by atoms with Crippen LogP contribution in [-0.4, -0.2) is 33.4 Å². The summed E-state index contributed by atoms with van der Waals surface area (Å²) in [4.78, 5) is 43.8. The van der Waals surface area contributed by atoms with E-state index in [0.717, 1.165) is 11.8 Å². The molecule has 3 aromatic rings. The van der Waals surface area contributed by atoms with Gasteiger partial charge in [0.2, 0.25) is 0 Å². The summed E-state index contributed by atoms with van der Waals surface area (Å²) in [5.74, 6) is -1.54. The molecule has 0 aliphatic rings. The summed E-state index contributed by atoms with van der Waals surface area (Å²) in [7, 11) is 0. The molecule has 3 rings (SSSR count). The number of esters is 1. The van der Waals surface area contributed by atoms with Gasteiger partial charge in [-0.1, -0.05) is 35.0 Å². The van der Waals surface area contributed by atoms with E-state index in [1.165, 1.54) is 47.5 Å². The van der Waals surface area contributed by atoms with Crippen LogP contribution in [0.3, 0.4) is 0 Å². The van der Waals surface area contributed by atoms with E-state index < -0.39 is 23.4 Å². The lowest BCUT2D eigenvalue weighted by atomic mass is 10.2. The maximum absolute atomic E-state index is 12.6. The number of carbonyl (C=O) groups is 2. The molecule has 2 aromatic heterocycles. The second-order valence-electron chi connectivity index (χ2n) is 5.90. The molecule has 0 aliphatic carbocycles. The summed E-state index contributed by atoms with van der Waals surface area (Å²) in [5.41, 5.74) is 0.473. The molecule has 0 bridgehead atoms. The summed E-state index contributed by atoms with van der Waals surface area (Å²) in [6.45, 7) is 1.18. The van der Waals surface area contributed by atoms with Crippen LogP contribution in [0.5, 0.6) is 0 Å². The van der Waals surface area contributed by atoms with Crippen LogP contribution in [0.1, 0.15) is 16.1 Å². The number of ether oxygens (including phenoxy) is 1. The number of hydrogen-bond donors (Lipinski definition) is 1. The number of non-ortho nitro benzene ring substituents is 1. The third kappa shape index (κ3) is 6.14. The maximum atomic E-state index is 12.6. The highest BCUT2D eigenvalue weighted by Crippen LogP contribution is 2.34. The predicted octanol–water partition coefficient (Wildman–Crippen LogP) is 5.01. The third-order valence-electron chi connectivity index (χ3n) is 3.59. The molecule has 0 saturated heterocycles. The Morgan fingerprint density at radius 1 is 1.32 bits per heavy atom. The third-order valence-corrected chi connectivity index (χ3v) is 6.22. The molecule has 0 aliphatic heterocycles. The minimum atomic E-state index is -0.898. The largest absolute Gasteiger partial charge is 0.452 e. The standard InChI is InChI=1S/C18H12Cl2N4O5S2/c1-9-8-30-18(22-9)31-14-3-2-11(24(27)28)5-12(14)17(26)29-7-15(25)23-16-13(20)4-10(19)6-21-16/h2-6,8H,7H2,1H3,(H,21,23,25). The molecule has 0 saturated carbocycles. The molecule has 9 nitrogen and oxygen atoms in total. The molecule has 31 heavy (non-hydrogen) atoms. The SMILES string of the molecule is Cc1csc(Sc2ccc([N+](=O)[O-])cc2C(=O)OCC(=O)Nc2ncc(Cl)cc2Cl)n1. The predicted molar refractivity (Wildman–Crippen MR) is 117 cm³/mol. The number of carbonyl (C=O) groups excluding carboxylic acids is 2. The van der Waals surface area contributed by atoms with Gasteiger partial charge in [0.1, 0.15) is 0 Å². The number of aryl methyl sites for hydroxylation is 1. The van der Waals surface area contributed by atoms with Crippen LogP contribution < -0.4 is 5.32 Å². The average molecular weight is 499 g/mol. The van der Waals surface area contributed by atoms with Crippen LogP contribution in [0.4, 0.5) is 11.5 Å². The minimum Gasteiger partial charge on any atom is -0.452 e. The fraction of sp³-hybridized carbons (Fsp3) is 0.111. The zero-order chi connectivity index (χ0) is 22.5. The average Bonchev–Trinajstić information content (AvgIpc) is 3.13. The van der Waals surface area contributed by atoms with Crippen molar-refractivity contribution in [3.8, 4) is 0 Å². The number of amides is 1. The molecular formula is C18H12Cl2N4O5S2. The lowest BCUT2D eigenvalue weighted by Gasteiger charge is -2.09. The van der Waals surface area contributed by atoms with E-state index in [2.05, 4.69) is 15.3 Å². The van der Waals surface area contributed by atoms with Gasteiger partial charge in [0.25, 0.3) is 11.6 Å². The van der Waals surface area contributed by atoms with E-state index in [0.29, 0.717) is 14.3 Å². The fourth-order valence-electron chi connectivity index (χ4n) is 2.24. The number of pyridine rings is 1. The fourth-order valence-corrected chi connectivity index (χ4v) is 4.56. The van der Waals surface area contributed by atoms with Crippen molar-refractivity contribution in [2.45, 2.75) is 16.2 Å². The van der Waals surface area contributed by atoms with Crippen LogP contribution in [0.2, 0.25) is 10.0 Å². The number of nitrogens with zero attached hydrogens (tertiary/aromatic N) is 3. The van der Waals surface area contributed by atoms with Crippen molar-refractivity contribution in [3.05, 3.63) is 67.3 Å². The van der Waals surface area contributed by atoms with E-state index in [4.69, 9.17) is 27.9 Å². The molecule has 0 fully saturated rings. The topological polar surface area (TPSA) is 124 Å². The summed E-state index contributed by atoms with van der Waals surface area (Å²) in [6.07, 6.45) is 1.29. The van der Waals surface area contributed by atoms with Crippen LogP contribution in [0.15, 0.2) is 45.1 Å². The van der Waals surface area contributed by atoms with Crippen LogP contribution in [0.25, 0.3) is 0 Å². The molecule has 0 atom stereocenters. The number of aromatic nitrogens is 2. The van der Waals surface area contributed by atoms with Gasteiger partial charge in [-0.2, -0.15) is 0 Å². The van der Waals surface area contributed by atoms with E-state index in [9.17, 15) is 19.7 Å². The summed E-state index contributed by atoms with van der Waals surface area (Å²) >= 11 is 14.2. The van der Waals surface area contributed by atoms with Crippen LogP contribution in [0, 0.1) is 17.0 Å². The number of nitro benzene ring substituents is 1. The van der Waals surface area contributed by atoms with Gasteiger partial charge in [-0.25, -0.2) is 14.8 Å². The van der Waals surface area contributed by atoms with Crippen molar-refractivity contribution >= 4 is 69.7 Å². The van der Waals surface area contributed by atoms with Gasteiger partial charge in [0.05, 0.1) is 20.5 Å². The maximum Gasteiger partial charge on any atom is 0.340 e. The Balaban J connectivity index is 1.73. The Morgan fingerprint density at radius 2 is 2.10 bits per heavy atom. The molecule has 1 aromatic carbocycles. The zero-order valence-corrected chi connectivity index (χ0v) is 18.8. The van der Waals surface area contributed by atoms with Crippen molar-refractivity contribution in [2.24, 2.45) is 0 Å². The van der Waals surface area contributed by atoms with Gasteiger partial charge in [0.15, 0.2) is 16.8 Å². The van der Waals surface area contributed by atoms with Crippen LogP contribution in [-0.2, 0) is 9.53 Å². The van der Waals surface area contributed by atoms with E-state index in [-0.39, 0.29) is 22.1 Å². The molecule has 13 heteroatoms. The molecule has 1 N–H and O–H groups in total. The van der Waals surface area contributed by atoms with Crippen molar-refractivity contribution in [3.63, 3.8) is 0 Å². The first-order valence-electron chi connectivity index (χ1n) is 8.39. The number of anilines is 1. The van der Waals surface area contributed by atoms with Gasteiger partial charge in [-0.05, 0) is 19.1 Å². The molecule has 2 heterocycles. The lowest BCUT2D eigenvalue weighted by Crippen LogP contribution is -2.22. The van der Waals surface area contributed by atoms with E-state index in [1.54, 1.807) is 0 Å². The number of nitrogens with one attached hydrogen (secondary N) is 1. The summed E-state index contributed by atoms with van der Waals surface area (Å²) in [6, 6.07) is 5.21. The first kappa shape index (κ1) is 22.9. The number of nitro groups is 1. The van der Waals surface area contributed by atoms with E-state index >= 15 is 0 Å². The van der Waals surface area contributed by atoms with Gasteiger partial charge >= 0.3 is 5.97 Å². The summed E-state index contributed by atoms with van der Waals surface area (Å²) < 4.78 is 5.70. The number of halogens is 2. The van der Waals surface area contributed by atoms with E-state index in [1.807, 2.05) is 12.3 Å². The Morgan fingerprint density at radius 3 is 2.74 bits per heavy atom. The molecule has 160 valence electrons. The highest BCUT2D eigenvalue weighted by atomic mass is 35.5. The Labute approximate surface area is 193 Å². The monoisotopic (exact) mass is 498 g/mol. The smallest absolute Gasteiger partial charge is 0.340 e. The Bertz CT molecular complexity index is 1170. The number of benzene rings is 1. The van der Waals surface area contributed by atoms with Gasteiger partial charge in [0, 0.05) is 34.3 Å². The zero-order valence-electron chi connectivity index (χ0n) is 15.6. The minimum absolute atomic E-state index is 0.0532. The van der Waals surface area contributed by atoms with Crippen molar-refractivity contribution in [1.82, 2.24) is 9.97 Å². The summed E-state index contributed by atoms with van der Waals surface area (Å²) in [5, 5.41) is 15.8.